The van der Waals surface area contributed by atoms with Crippen LogP contribution in [0.25, 0.3) is 0 Å². The third-order valence-corrected chi connectivity index (χ3v) is 2.87. The molecule has 108 valence electrons. The molecule has 1 aromatic rings. The molecule has 0 aromatic carbocycles. The first-order valence-electron chi connectivity index (χ1n) is 6.48. The molecule has 0 aliphatic heterocycles. The molecule has 1 aromatic heterocycles. The van der Waals surface area contributed by atoms with Crippen LogP contribution in [0, 0.1) is 0 Å². The second kappa shape index (κ2) is 7.93. The van der Waals surface area contributed by atoms with E-state index in [2.05, 4.69) is 24.1 Å². The Morgan fingerprint density at radius 3 is 2.68 bits per heavy atom. The summed E-state index contributed by atoms with van der Waals surface area (Å²) in [5, 5.41) is 20.3. The number of hydrogen-bond donors (Lipinski definition) is 3. The van der Waals surface area contributed by atoms with Crippen LogP contribution < -0.4 is 5.32 Å². The van der Waals surface area contributed by atoms with Gasteiger partial charge < -0.3 is 19.9 Å². The monoisotopic (exact) mass is 270 g/mol. The highest BCUT2D eigenvalue weighted by Crippen LogP contribution is 2.10. The third-order valence-electron chi connectivity index (χ3n) is 2.87. The van der Waals surface area contributed by atoms with Crippen molar-refractivity contribution in [2.75, 3.05) is 26.2 Å². The van der Waals surface area contributed by atoms with Crippen LogP contribution in [0.2, 0.25) is 0 Å². The van der Waals surface area contributed by atoms with Gasteiger partial charge in [-0.05, 0) is 25.2 Å². The topological polar surface area (TPSA) is 85.9 Å². The van der Waals surface area contributed by atoms with Gasteiger partial charge in [0.05, 0.1) is 19.3 Å². The highest BCUT2D eigenvalue weighted by Gasteiger charge is 2.13. The Morgan fingerprint density at radius 2 is 2.11 bits per heavy atom. The number of hydrogen-bond acceptors (Lipinski definition) is 5. The fourth-order valence-corrected chi connectivity index (χ4v) is 1.61. The fourth-order valence-electron chi connectivity index (χ4n) is 1.61. The second-order valence-electron chi connectivity index (χ2n) is 4.27. The number of rotatable bonds is 8. The Hall–Kier alpha value is -1.37. The minimum Gasteiger partial charge on any atom is -0.455 e. The summed E-state index contributed by atoms with van der Waals surface area (Å²) in [6.45, 7) is 6.25. The number of amides is 1. The van der Waals surface area contributed by atoms with E-state index in [1.165, 1.54) is 0 Å². The van der Waals surface area contributed by atoms with Crippen LogP contribution in [0.4, 0.5) is 0 Å². The molecule has 0 aliphatic rings. The highest BCUT2D eigenvalue weighted by atomic mass is 16.4. The molecule has 3 N–H and O–H groups in total. The van der Waals surface area contributed by atoms with E-state index in [9.17, 15) is 4.79 Å². The van der Waals surface area contributed by atoms with Crippen LogP contribution >= 0.6 is 0 Å². The molecule has 1 amide bonds. The molecule has 0 saturated heterocycles. The smallest absolute Gasteiger partial charge is 0.287 e. The van der Waals surface area contributed by atoms with Gasteiger partial charge in [0.15, 0.2) is 5.76 Å². The molecule has 1 rings (SSSR count). The van der Waals surface area contributed by atoms with E-state index in [1.54, 1.807) is 12.1 Å². The van der Waals surface area contributed by atoms with Crippen LogP contribution in [0.3, 0.4) is 0 Å². The minimum atomic E-state index is -0.950. The fraction of sp³-hybridized carbons (Fsp3) is 0.615. The molecule has 0 fully saturated rings. The number of aliphatic hydroxyl groups excluding tert-OH is 2. The van der Waals surface area contributed by atoms with Gasteiger partial charge in [-0.3, -0.25) is 9.69 Å². The lowest BCUT2D eigenvalue weighted by Crippen LogP contribution is -2.33. The number of nitrogens with one attached hydrogen (secondary N) is 1. The standard InChI is InChI=1S/C13H22N2O4/c1-3-15(4-2)8-11-5-6-12(19-11)13(18)14-7-10(17)9-16/h5-6,10,16-17H,3-4,7-9H2,1-2H3,(H,14,18). The van der Waals surface area contributed by atoms with Crippen LogP contribution in [0.15, 0.2) is 16.5 Å². The van der Waals surface area contributed by atoms with Crippen molar-refractivity contribution in [1.29, 1.82) is 0 Å². The van der Waals surface area contributed by atoms with Crippen molar-refractivity contribution in [1.82, 2.24) is 10.2 Å². The first kappa shape index (κ1) is 15.7. The van der Waals surface area contributed by atoms with Gasteiger partial charge >= 0.3 is 0 Å². The van der Waals surface area contributed by atoms with Crippen molar-refractivity contribution >= 4 is 5.91 Å². The number of furan rings is 1. The Morgan fingerprint density at radius 1 is 1.42 bits per heavy atom. The van der Waals surface area contributed by atoms with Gasteiger partial charge in [0.1, 0.15) is 5.76 Å². The highest BCUT2D eigenvalue weighted by molar-refractivity contribution is 5.91. The first-order valence-corrected chi connectivity index (χ1v) is 6.48. The molecule has 1 atom stereocenters. The molecule has 0 radical (unpaired) electrons. The van der Waals surface area contributed by atoms with E-state index < -0.39 is 12.0 Å². The molecule has 0 aliphatic carbocycles. The van der Waals surface area contributed by atoms with E-state index in [4.69, 9.17) is 14.6 Å². The molecule has 0 bridgehead atoms. The predicted molar refractivity (Wildman–Crippen MR) is 70.8 cm³/mol. The molecule has 19 heavy (non-hydrogen) atoms. The molecule has 6 nitrogen and oxygen atoms in total. The normalized spacial score (nSPS) is 12.7. The molecular formula is C13H22N2O4. The summed E-state index contributed by atoms with van der Waals surface area (Å²) in [7, 11) is 0. The van der Waals surface area contributed by atoms with Crippen LogP contribution in [0.5, 0.6) is 0 Å². The van der Waals surface area contributed by atoms with Crippen LogP contribution in [0.1, 0.15) is 30.2 Å². The summed E-state index contributed by atoms with van der Waals surface area (Å²) in [5.41, 5.74) is 0. The van der Waals surface area contributed by atoms with Crippen LogP contribution in [-0.4, -0.2) is 53.4 Å². The average molecular weight is 270 g/mol. The molecule has 0 spiro atoms. The molecule has 0 saturated carbocycles. The van der Waals surface area contributed by atoms with Gasteiger partial charge in [0, 0.05) is 6.54 Å². The van der Waals surface area contributed by atoms with Crippen molar-refractivity contribution in [3.8, 4) is 0 Å². The van der Waals surface area contributed by atoms with E-state index in [1.807, 2.05) is 0 Å². The van der Waals surface area contributed by atoms with Crippen molar-refractivity contribution in [2.24, 2.45) is 0 Å². The average Bonchev–Trinajstić information content (AvgIpc) is 2.90. The lowest BCUT2D eigenvalue weighted by molar-refractivity contribution is 0.0782. The third kappa shape index (κ3) is 5.02. The van der Waals surface area contributed by atoms with Gasteiger partial charge in [-0.25, -0.2) is 0 Å². The van der Waals surface area contributed by atoms with Gasteiger partial charge in [-0.2, -0.15) is 0 Å². The zero-order valence-electron chi connectivity index (χ0n) is 11.4. The molecular weight excluding hydrogens is 248 g/mol. The number of aliphatic hydroxyl groups is 2. The van der Waals surface area contributed by atoms with Gasteiger partial charge in [0.25, 0.3) is 5.91 Å². The maximum absolute atomic E-state index is 11.7. The van der Waals surface area contributed by atoms with Gasteiger partial charge in [-0.1, -0.05) is 13.8 Å². The van der Waals surface area contributed by atoms with E-state index >= 15 is 0 Å². The summed E-state index contributed by atoms with van der Waals surface area (Å²) in [4.78, 5) is 13.9. The summed E-state index contributed by atoms with van der Waals surface area (Å²) in [6, 6.07) is 3.38. The quantitative estimate of drug-likeness (QED) is 0.628. The zero-order valence-corrected chi connectivity index (χ0v) is 11.4. The first-order chi connectivity index (χ1) is 9.10. The molecule has 1 unspecified atom stereocenters. The number of carbonyl (C=O) groups excluding carboxylic acids is 1. The largest absolute Gasteiger partial charge is 0.455 e. The number of carbonyl (C=O) groups is 1. The second-order valence-corrected chi connectivity index (χ2v) is 4.27. The van der Waals surface area contributed by atoms with Gasteiger partial charge in [0.2, 0.25) is 0 Å². The summed E-state index contributed by atoms with van der Waals surface area (Å²) >= 11 is 0. The van der Waals surface area contributed by atoms with Crippen molar-refractivity contribution in [3.63, 3.8) is 0 Å². The van der Waals surface area contributed by atoms with Crippen molar-refractivity contribution in [3.05, 3.63) is 23.7 Å². The minimum absolute atomic E-state index is 0.00140. The maximum atomic E-state index is 11.7. The lowest BCUT2D eigenvalue weighted by Gasteiger charge is -2.15. The van der Waals surface area contributed by atoms with E-state index in [0.29, 0.717) is 6.54 Å². The molecule has 1 heterocycles. The zero-order chi connectivity index (χ0) is 14.3. The SMILES string of the molecule is CCN(CC)Cc1ccc(C(=O)NCC(O)CO)o1. The summed E-state index contributed by atoms with van der Waals surface area (Å²) in [5.74, 6) is 0.558. The Balaban J connectivity index is 2.51. The Kier molecular flexibility index (Phi) is 6.55. The maximum Gasteiger partial charge on any atom is 0.287 e. The van der Waals surface area contributed by atoms with Crippen molar-refractivity contribution in [2.45, 2.75) is 26.5 Å². The van der Waals surface area contributed by atoms with Gasteiger partial charge in [-0.15, -0.1) is 0 Å². The number of nitrogens with zero attached hydrogens (tertiary/aromatic N) is 1. The molecule has 6 heteroatoms. The predicted octanol–water partition coefficient (Wildman–Crippen LogP) is 0.204. The summed E-state index contributed by atoms with van der Waals surface area (Å²) < 4.78 is 5.45. The lowest BCUT2D eigenvalue weighted by atomic mass is 10.3. The summed E-state index contributed by atoms with van der Waals surface area (Å²) in [6.07, 6.45) is -0.950. The Labute approximate surface area is 113 Å². The van der Waals surface area contributed by atoms with Crippen molar-refractivity contribution < 1.29 is 19.4 Å². The van der Waals surface area contributed by atoms with Crippen LogP contribution in [-0.2, 0) is 6.54 Å². The van der Waals surface area contributed by atoms with E-state index in [-0.39, 0.29) is 18.9 Å². The Bertz CT molecular complexity index is 388. The van der Waals surface area contributed by atoms with E-state index in [0.717, 1.165) is 18.8 Å².